The number of amides is 1. The SMILES string of the molecule is Cc1ccccc1N1CCN(C(=O)c2cc(F)ccc2Cl)CC1. The maximum absolute atomic E-state index is 13.4. The highest BCUT2D eigenvalue weighted by Gasteiger charge is 2.24. The lowest BCUT2D eigenvalue weighted by Gasteiger charge is -2.37. The summed E-state index contributed by atoms with van der Waals surface area (Å²) < 4.78 is 13.4. The third kappa shape index (κ3) is 3.32. The van der Waals surface area contributed by atoms with Gasteiger partial charge in [0, 0.05) is 31.9 Å². The molecule has 1 heterocycles. The van der Waals surface area contributed by atoms with Gasteiger partial charge in [0.05, 0.1) is 10.6 Å². The number of nitrogens with zero attached hydrogens (tertiary/aromatic N) is 2. The average Bonchev–Trinajstić information content (AvgIpc) is 2.57. The minimum absolute atomic E-state index is 0.209. The molecule has 3 nitrogen and oxygen atoms in total. The Morgan fingerprint density at radius 2 is 1.78 bits per heavy atom. The maximum Gasteiger partial charge on any atom is 0.255 e. The number of halogens is 2. The van der Waals surface area contributed by atoms with Crippen molar-refractivity contribution in [3.63, 3.8) is 0 Å². The summed E-state index contributed by atoms with van der Waals surface area (Å²) in [5.74, 6) is -0.657. The highest BCUT2D eigenvalue weighted by molar-refractivity contribution is 6.33. The number of carbonyl (C=O) groups excluding carboxylic acids is 1. The number of rotatable bonds is 2. The van der Waals surface area contributed by atoms with Crippen LogP contribution in [0.2, 0.25) is 5.02 Å². The smallest absolute Gasteiger partial charge is 0.255 e. The second-order valence-corrected chi connectivity index (χ2v) is 6.10. The van der Waals surface area contributed by atoms with E-state index >= 15 is 0 Å². The first-order chi connectivity index (χ1) is 11.1. The number of para-hydroxylation sites is 1. The number of aryl methyl sites for hydroxylation is 1. The highest BCUT2D eigenvalue weighted by Crippen LogP contribution is 2.23. The third-order valence-corrected chi connectivity index (χ3v) is 4.51. The molecular weight excluding hydrogens is 315 g/mol. The Hall–Kier alpha value is -2.07. The van der Waals surface area contributed by atoms with Crippen LogP contribution >= 0.6 is 11.6 Å². The molecule has 0 unspecified atom stereocenters. The van der Waals surface area contributed by atoms with Crippen LogP contribution in [0.25, 0.3) is 0 Å². The minimum Gasteiger partial charge on any atom is -0.368 e. The number of anilines is 1. The van der Waals surface area contributed by atoms with E-state index in [2.05, 4.69) is 24.0 Å². The van der Waals surface area contributed by atoms with E-state index in [0.717, 1.165) is 13.1 Å². The molecule has 1 saturated heterocycles. The summed E-state index contributed by atoms with van der Waals surface area (Å²) in [6, 6.07) is 12.1. The maximum atomic E-state index is 13.4. The molecule has 23 heavy (non-hydrogen) atoms. The third-order valence-electron chi connectivity index (χ3n) is 4.18. The van der Waals surface area contributed by atoms with Crippen molar-refractivity contribution in [2.24, 2.45) is 0 Å². The van der Waals surface area contributed by atoms with Crippen LogP contribution in [-0.2, 0) is 0 Å². The summed E-state index contributed by atoms with van der Waals surface area (Å²) in [4.78, 5) is 16.5. The molecule has 2 aromatic rings. The first kappa shape index (κ1) is 15.8. The van der Waals surface area contributed by atoms with Gasteiger partial charge in [-0.3, -0.25) is 4.79 Å². The molecule has 0 atom stereocenters. The van der Waals surface area contributed by atoms with Crippen LogP contribution in [0, 0.1) is 12.7 Å². The molecule has 1 fully saturated rings. The van der Waals surface area contributed by atoms with Gasteiger partial charge in [0.25, 0.3) is 5.91 Å². The van der Waals surface area contributed by atoms with Gasteiger partial charge in [-0.05, 0) is 36.8 Å². The Morgan fingerprint density at radius 1 is 1.09 bits per heavy atom. The molecule has 5 heteroatoms. The van der Waals surface area contributed by atoms with Crippen LogP contribution < -0.4 is 4.90 Å². The lowest BCUT2D eigenvalue weighted by Crippen LogP contribution is -2.49. The minimum atomic E-state index is -0.448. The zero-order chi connectivity index (χ0) is 16.4. The second kappa shape index (κ2) is 6.59. The Kier molecular flexibility index (Phi) is 4.53. The molecule has 0 aromatic heterocycles. The fraction of sp³-hybridized carbons (Fsp3) is 0.278. The number of benzene rings is 2. The summed E-state index contributed by atoms with van der Waals surface area (Å²) in [5.41, 5.74) is 2.65. The number of carbonyl (C=O) groups is 1. The quantitative estimate of drug-likeness (QED) is 0.836. The first-order valence-corrected chi connectivity index (χ1v) is 7.99. The van der Waals surface area contributed by atoms with Crippen molar-refractivity contribution in [2.75, 3.05) is 31.1 Å². The van der Waals surface area contributed by atoms with E-state index < -0.39 is 5.82 Å². The van der Waals surface area contributed by atoms with Crippen LogP contribution in [0.4, 0.5) is 10.1 Å². The Morgan fingerprint density at radius 3 is 2.48 bits per heavy atom. The molecule has 120 valence electrons. The van der Waals surface area contributed by atoms with Crippen molar-refractivity contribution in [1.29, 1.82) is 0 Å². The molecule has 2 aromatic carbocycles. The number of piperazine rings is 1. The van der Waals surface area contributed by atoms with Gasteiger partial charge in [-0.25, -0.2) is 4.39 Å². The van der Waals surface area contributed by atoms with Crippen LogP contribution in [-0.4, -0.2) is 37.0 Å². The molecule has 3 rings (SSSR count). The predicted octanol–water partition coefficient (Wildman–Crippen LogP) is 3.75. The van der Waals surface area contributed by atoms with Gasteiger partial charge in [0.2, 0.25) is 0 Å². The zero-order valence-electron chi connectivity index (χ0n) is 12.9. The largest absolute Gasteiger partial charge is 0.368 e. The molecule has 0 aliphatic carbocycles. The van der Waals surface area contributed by atoms with Gasteiger partial charge in [-0.1, -0.05) is 29.8 Å². The summed E-state index contributed by atoms with van der Waals surface area (Å²) >= 11 is 6.03. The molecule has 1 amide bonds. The highest BCUT2D eigenvalue weighted by atomic mass is 35.5. The van der Waals surface area contributed by atoms with E-state index in [9.17, 15) is 9.18 Å². The van der Waals surface area contributed by atoms with Crippen molar-refractivity contribution in [3.8, 4) is 0 Å². The molecule has 1 aliphatic rings. The van der Waals surface area contributed by atoms with E-state index in [1.807, 2.05) is 12.1 Å². The van der Waals surface area contributed by atoms with Crippen LogP contribution in [0.1, 0.15) is 15.9 Å². The fourth-order valence-electron chi connectivity index (χ4n) is 2.90. The van der Waals surface area contributed by atoms with Gasteiger partial charge in [-0.2, -0.15) is 0 Å². The lowest BCUT2D eigenvalue weighted by molar-refractivity contribution is 0.0746. The lowest BCUT2D eigenvalue weighted by atomic mass is 10.1. The van der Waals surface area contributed by atoms with Crippen molar-refractivity contribution in [3.05, 3.63) is 64.4 Å². The van der Waals surface area contributed by atoms with E-state index in [1.165, 1.54) is 29.4 Å². The van der Waals surface area contributed by atoms with Crippen molar-refractivity contribution < 1.29 is 9.18 Å². The summed E-state index contributed by atoms with van der Waals surface area (Å²) in [6.45, 7) is 4.78. The van der Waals surface area contributed by atoms with Crippen molar-refractivity contribution in [2.45, 2.75) is 6.92 Å². The molecule has 1 aliphatic heterocycles. The van der Waals surface area contributed by atoms with E-state index in [0.29, 0.717) is 13.1 Å². The Bertz CT molecular complexity index is 727. The van der Waals surface area contributed by atoms with E-state index in [1.54, 1.807) is 4.90 Å². The topological polar surface area (TPSA) is 23.6 Å². The summed E-state index contributed by atoms with van der Waals surface area (Å²) in [7, 11) is 0. The predicted molar refractivity (Wildman–Crippen MR) is 90.7 cm³/mol. The standard InChI is InChI=1S/C18H18ClFN2O/c1-13-4-2-3-5-17(13)21-8-10-22(11-9-21)18(23)15-12-14(20)6-7-16(15)19/h2-7,12H,8-11H2,1H3. The van der Waals surface area contributed by atoms with Crippen molar-refractivity contribution in [1.82, 2.24) is 4.90 Å². The van der Waals surface area contributed by atoms with Gasteiger partial charge in [0.1, 0.15) is 5.82 Å². The molecule has 0 saturated carbocycles. The van der Waals surface area contributed by atoms with Gasteiger partial charge in [-0.15, -0.1) is 0 Å². The Labute approximate surface area is 140 Å². The Balaban J connectivity index is 1.70. The van der Waals surface area contributed by atoms with Crippen LogP contribution in [0.5, 0.6) is 0 Å². The van der Waals surface area contributed by atoms with E-state index in [4.69, 9.17) is 11.6 Å². The molecular formula is C18H18ClFN2O. The zero-order valence-corrected chi connectivity index (χ0v) is 13.7. The summed E-state index contributed by atoms with van der Waals surface area (Å²) in [6.07, 6.45) is 0. The molecule has 0 radical (unpaired) electrons. The van der Waals surface area contributed by atoms with Gasteiger partial charge in [0.15, 0.2) is 0 Å². The van der Waals surface area contributed by atoms with Crippen LogP contribution in [0.3, 0.4) is 0 Å². The monoisotopic (exact) mass is 332 g/mol. The van der Waals surface area contributed by atoms with Gasteiger partial charge < -0.3 is 9.80 Å². The molecule has 0 N–H and O–H groups in total. The fourth-order valence-corrected chi connectivity index (χ4v) is 3.10. The molecule has 0 spiro atoms. The van der Waals surface area contributed by atoms with Crippen molar-refractivity contribution >= 4 is 23.2 Å². The van der Waals surface area contributed by atoms with E-state index in [-0.39, 0.29) is 16.5 Å². The molecule has 0 bridgehead atoms. The average molecular weight is 333 g/mol. The number of hydrogen-bond acceptors (Lipinski definition) is 2. The summed E-state index contributed by atoms with van der Waals surface area (Å²) in [5, 5.41) is 0.290. The second-order valence-electron chi connectivity index (χ2n) is 5.69. The van der Waals surface area contributed by atoms with Crippen LogP contribution in [0.15, 0.2) is 42.5 Å². The normalized spacial score (nSPS) is 14.9. The van der Waals surface area contributed by atoms with Gasteiger partial charge >= 0.3 is 0 Å². The number of hydrogen-bond donors (Lipinski definition) is 0. The first-order valence-electron chi connectivity index (χ1n) is 7.61.